The molecule has 0 radical (unpaired) electrons. The molecular weight excluding hydrogens is 441 g/mol. The topological polar surface area (TPSA) is 50.8 Å². The van der Waals surface area contributed by atoms with Crippen LogP contribution in [0.4, 0.5) is 13.2 Å². The van der Waals surface area contributed by atoms with Crippen LogP contribution in [0.5, 0.6) is 5.75 Å². The van der Waals surface area contributed by atoms with Crippen LogP contribution >= 0.6 is 11.8 Å². The molecule has 1 amide bonds. The predicted octanol–water partition coefficient (Wildman–Crippen LogP) is 4.41. The molecule has 1 fully saturated rings. The Morgan fingerprint density at radius 2 is 1.91 bits per heavy atom. The van der Waals surface area contributed by atoms with Gasteiger partial charge in [0.15, 0.2) is 0 Å². The molecule has 1 aliphatic rings. The molecule has 174 valence electrons. The largest absolute Gasteiger partial charge is 0.496 e. The highest BCUT2D eigenvalue weighted by molar-refractivity contribution is 7.98. The fourth-order valence-electron chi connectivity index (χ4n) is 4.26. The van der Waals surface area contributed by atoms with Gasteiger partial charge in [-0.1, -0.05) is 30.3 Å². The van der Waals surface area contributed by atoms with E-state index in [9.17, 15) is 18.0 Å². The zero-order valence-corrected chi connectivity index (χ0v) is 19.3. The lowest BCUT2D eigenvalue weighted by molar-refractivity contribution is -0.137. The van der Waals surface area contributed by atoms with Crippen LogP contribution in [0.15, 0.2) is 47.4 Å². The number of ether oxygens (including phenoxy) is 2. The van der Waals surface area contributed by atoms with Crippen molar-refractivity contribution in [3.63, 3.8) is 0 Å². The van der Waals surface area contributed by atoms with E-state index < -0.39 is 23.2 Å². The average molecular weight is 469 g/mol. The summed E-state index contributed by atoms with van der Waals surface area (Å²) in [6, 6.07) is 11.4. The van der Waals surface area contributed by atoms with Crippen LogP contribution in [0.25, 0.3) is 0 Å². The van der Waals surface area contributed by atoms with Gasteiger partial charge in [-0.3, -0.25) is 4.79 Å². The smallest absolute Gasteiger partial charge is 0.416 e. The van der Waals surface area contributed by atoms with Crippen LogP contribution in [0.1, 0.15) is 27.9 Å². The van der Waals surface area contributed by atoms with Gasteiger partial charge in [0.2, 0.25) is 0 Å². The third-order valence-corrected chi connectivity index (χ3v) is 6.47. The molecule has 9 heteroatoms. The summed E-state index contributed by atoms with van der Waals surface area (Å²) in [6.07, 6.45) is -2.51. The van der Waals surface area contributed by atoms with E-state index in [4.69, 9.17) is 9.47 Å². The summed E-state index contributed by atoms with van der Waals surface area (Å²) < 4.78 is 50.9. The number of nitrogens with zero attached hydrogens (tertiary/aromatic N) is 1. The van der Waals surface area contributed by atoms with Crippen molar-refractivity contribution in [2.75, 3.05) is 40.6 Å². The number of piperidine rings is 1. The minimum atomic E-state index is -4.55. The normalized spacial score (nSPS) is 21.9. The van der Waals surface area contributed by atoms with Crippen molar-refractivity contribution >= 4 is 17.7 Å². The third kappa shape index (κ3) is 5.05. The number of amides is 1. The van der Waals surface area contributed by atoms with E-state index in [2.05, 4.69) is 10.2 Å². The molecule has 5 nitrogen and oxygen atoms in total. The molecule has 0 aliphatic carbocycles. The first-order valence-corrected chi connectivity index (χ1v) is 11.3. The average Bonchev–Trinajstić information content (AvgIpc) is 2.77. The lowest BCUT2D eigenvalue weighted by atomic mass is 9.80. The predicted molar refractivity (Wildman–Crippen MR) is 118 cm³/mol. The van der Waals surface area contributed by atoms with Gasteiger partial charge in [0.05, 0.1) is 29.9 Å². The van der Waals surface area contributed by atoms with Crippen LogP contribution in [0.3, 0.4) is 0 Å². The number of carbonyl (C=O) groups is 1. The number of thioether (sulfide) groups is 1. The molecule has 2 aromatic carbocycles. The Hall–Kier alpha value is -2.23. The Balaban J connectivity index is 2.07. The van der Waals surface area contributed by atoms with E-state index in [1.165, 1.54) is 7.11 Å². The summed E-state index contributed by atoms with van der Waals surface area (Å²) in [5.74, 6) is -0.605. The number of methoxy groups -OCH3 is 2. The van der Waals surface area contributed by atoms with Crippen molar-refractivity contribution in [2.45, 2.75) is 29.1 Å². The lowest BCUT2D eigenvalue weighted by Crippen LogP contribution is -2.59. The Kier molecular flexibility index (Phi) is 7.42. The highest BCUT2D eigenvalue weighted by Gasteiger charge is 2.42. The van der Waals surface area contributed by atoms with Gasteiger partial charge in [-0.2, -0.15) is 13.2 Å². The van der Waals surface area contributed by atoms with Crippen molar-refractivity contribution < 1.29 is 27.4 Å². The third-order valence-electron chi connectivity index (χ3n) is 5.70. The molecule has 2 aromatic rings. The number of likely N-dealkylation sites (N-methyl/N-ethyl adjacent to an activating group) is 1. The summed E-state index contributed by atoms with van der Waals surface area (Å²) >= 11 is 1.07. The highest BCUT2D eigenvalue weighted by atomic mass is 32.2. The monoisotopic (exact) mass is 468 g/mol. The fourth-order valence-corrected chi connectivity index (χ4v) is 4.90. The van der Waals surface area contributed by atoms with Gasteiger partial charge in [-0.25, -0.2) is 0 Å². The number of alkyl halides is 3. The summed E-state index contributed by atoms with van der Waals surface area (Å²) in [4.78, 5) is 15.8. The van der Waals surface area contributed by atoms with Crippen molar-refractivity contribution in [3.05, 3.63) is 59.2 Å². The van der Waals surface area contributed by atoms with Crippen molar-refractivity contribution in [3.8, 4) is 5.75 Å². The molecule has 0 unspecified atom stereocenters. The number of hydrogen-bond acceptors (Lipinski definition) is 5. The second kappa shape index (κ2) is 9.72. The first-order valence-electron chi connectivity index (χ1n) is 10.1. The zero-order chi connectivity index (χ0) is 23.5. The summed E-state index contributed by atoms with van der Waals surface area (Å²) in [7, 11) is 4.84. The second-order valence-corrected chi connectivity index (χ2v) is 8.76. The maximum Gasteiger partial charge on any atom is 0.416 e. The number of hydrogen-bond donors (Lipinski definition) is 1. The SMILES string of the molecule is COc1cc(C(F)(F)F)cc(SC)c1C(=O)N[C@@]1(c2ccccc2)C[C@@H](OC)CN(C)C1. The van der Waals surface area contributed by atoms with Crippen LogP contribution in [-0.4, -0.2) is 57.5 Å². The summed E-state index contributed by atoms with van der Waals surface area (Å²) in [6.45, 7) is 1.24. The molecule has 32 heavy (non-hydrogen) atoms. The van der Waals surface area contributed by atoms with Crippen LogP contribution in [0.2, 0.25) is 0 Å². The minimum absolute atomic E-state index is 0.0884. The van der Waals surface area contributed by atoms with Gasteiger partial charge in [-0.15, -0.1) is 11.8 Å². The standard InChI is InChI=1S/C23H27F3N2O3S/c1-28-13-17(30-2)12-22(14-28,15-8-6-5-7-9-15)27-21(29)20-18(31-3)10-16(23(24,25)26)11-19(20)32-4/h5-11,17H,12-14H2,1-4H3,(H,27,29)/t17-,22+/m1/s1. The molecular formula is C23H27F3N2O3S. The fraction of sp³-hybridized carbons (Fsp3) is 0.435. The first-order chi connectivity index (χ1) is 15.1. The molecule has 1 heterocycles. The molecule has 3 rings (SSSR count). The zero-order valence-electron chi connectivity index (χ0n) is 18.5. The van der Waals surface area contributed by atoms with Gasteiger partial charge < -0.3 is 19.7 Å². The van der Waals surface area contributed by atoms with Gasteiger partial charge in [-0.05, 0) is 31.0 Å². The first kappa shape index (κ1) is 24.4. The molecule has 1 saturated heterocycles. The van der Waals surface area contributed by atoms with Crippen molar-refractivity contribution in [1.29, 1.82) is 0 Å². The van der Waals surface area contributed by atoms with E-state index in [0.717, 1.165) is 29.5 Å². The lowest BCUT2D eigenvalue weighted by Gasteiger charge is -2.45. The van der Waals surface area contributed by atoms with Crippen molar-refractivity contribution in [2.24, 2.45) is 0 Å². The molecule has 0 spiro atoms. The number of carbonyl (C=O) groups excluding carboxylic acids is 1. The number of nitrogens with one attached hydrogen (secondary N) is 1. The second-order valence-electron chi connectivity index (χ2n) is 7.91. The molecule has 1 aliphatic heterocycles. The van der Waals surface area contributed by atoms with E-state index in [1.54, 1.807) is 13.4 Å². The molecule has 0 saturated carbocycles. The van der Waals surface area contributed by atoms with Crippen molar-refractivity contribution in [1.82, 2.24) is 10.2 Å². The van der Waals surface area contributed by atoms with Gasteiger partial charge in [0, 0.05) is 31.5 Å². The van der Waals surface area contributed by atoms with E-state index in [0.29, 0.717) is 19.5 Å². The minimum Gasteiger partial charge on any atom is -0.496 e. The van der Waals surface area contributed by atoms with Crippen LogP contribution in [-0.2, 0) is 16.5 Å². The summed E-state index contributed by atoms with van der Waals surface area (Å²) in [5.41, 5.74) is -0.649. The Bertz CT molecular complexity index is 930. The molecule has 2 atom stereocenters. The Morgan fingerprint density at radius 1 is 1.22 bits per heavy atom. The van der Waals surface area contributed by atoms with Gasteiger partial charge in [0.1, 0.15) is 5.75 Å². The number of likely N-dealkylation sites (tertiary alicyclic amines) is 1. The quantitative estimate of drug-likeness (QED) is 0.637. The number of rotatable bonds is 6. The number of benzene rings is 2. The maximum absolute atomic E-state index is 13.6. The maximum atomic E-state index is 13.6. The van der Waals surface area contributed by atoms with Gasteiger partial charge in [0.25, 0.3) is 5.91 Å². The highest BCUT2D eigenvalue weighted by Crippen LogP contribution is 2.39. The Labute approximate surface area is 190 Å². The number of halogens is 3. The van der Waals surface area contributed by atoms with Gasteiger partial charge >= 0.3 is 6.18 Å². The van der Waals surface area contributed by atoms with E-state index >= 15 is 0 Å². The van der Waals surface area contributed by atoms with E-state index in [1.807, 2.05) is 37.4 Å². The van der Waals surface area contributed by atoms with Crippen LogP contribution in [0, 0.1) is 0 Å². The Morgan fingerprint density at radius 3 is 2.47 bits per heavy atom. The van der Waals surface area contributed by atoms with E-state index in [-0.39, 0.29) is 22.3 Å². The summed E-state index contributed by atoms with van der Waals surface area (Å²) in [5, 5.41) is 3.13. The molecule has 0 bridgehead atoms. The molecule has 1 N–H and O–H groups in total. The molecule has 0 aromatic heterocycles. The van der Waals surface area contributed by atoms with Crippen LogP contribution < -0.4 is 10.1 Å².